The summed E-state index contributed by atoms with van der Waals surface area (Å²) in [6.07, 6.45) is 0. The molecule has 22 heavy (non-hydrogen) atoms. The number of halogens is 1. The lowest BCUT2D eigenvalue weighted by molar-refractivity contribution is 0.0527. The average molecular weight is 303 g/mol. The number of hydrogen-bond acceptors (Lipinski definition) is 4. The van der Waals surface area contributed by atoms with Crippen LogP contribution in [0.25, 0.3) is 0 Å². The third-order valence-corrected chi connectivity index (χ3v) is 2.91. The summed E-state index contributed by atoms with van der Waals surface area (Å²) in [4.78, 5) is 22.8. The van der Waals surface area contributed by atoms with Crippen LogP contribution in [0.5, 0.6) is 0 Å². The first-order valence-electron chi connectivity index (χ1n) is 6.59. The first kappa shape index (κ1) is 15.5. The van der Waals surface area contributed by atoms with Crippen molar-refractivity contribution in [3.8, 4) is 0 Å². The van der Waals surface area contributed by atoms with E-state index < -0.39 is 17.8 Å². The number of esters is 1. The van der Waals surface area contributed by atoms with Crippen molar-refractivity contribution in [1.82, 2.24) is 0 Å². The van der Waals surface area contributed by atoms with Crippen LogP contribution in [0.3, 0.4) is 0 Å². The SMILES string of the molecule is CCOC(=O)c1ccccc1Nc1cc(C(=O)O)ccc1F. The van der Waals surface area contributed by atoms with Gasteiger partial charge in [-0.2, -0.15) is 0 Å². The van der Waals surface area contributed by atoms with Crippen LogP contribution < -0.4 is 5.32 Å². The van der Waals surface area contributed by atoms with Gasteiger partial charge in [-0.1, -0.05) is 12.1 Å². The van der Waals surface area contributed by atoms with Crippen LogP contribution in [0.1, 0.15) is 27.6 Å². The fourth-order valence-corrected chi connectivity index (χ4v) is 1.88. The van der Waals surface area contributed by atoms with E-state index in [9.17, 15) is 14.0 Å². The van der Waals surface area contributed by atoms with E-state index in [4.69, 9.17) is 9.84 Å². The number of carboxylic acids is 1. The van der Waals surface area contributed by atoms with Crippen molar-refractivity contribution in [3.05, 3.63) is 59.4 Å². The van der Waals surface area contributed by atoms with Crippen molar-refractivity contribution in [1.29, 1.82) is 0 Å². The van der Waals surface area contributed by atoms with Crippen LogP contribution in [0.4, 0.5) is 15.8 Å². The number of aromatic carboxylic acids is 1. The number of carboxylic acid groups (broad SMARTS) is 1. The maximum absolute atomic E-state index is 13.8. The first-order chi connectivity index (χ1) is 10.5. The molecule has 0 fully saturated rings. The standard InChI is InChI=1S/C16H14FNO4/c1-2-22-16(21)11-5-3-4-6-13(11)18-14-9-10(15(19)20)7-8-12(14)17/h3-9,18H,2H2,1H3,(H,19,20). The Bertz CT molecular complexity index is 715. The van der Waals surface area contributed by atoms with Crippen molar-refractivity contribution in [2.75, 3.05) is 11.9 Å². The van der Waals surface area contributed by atoms with Gasteiger partial charge in [-0.25, -0.2) is 14.0 Å². The Hall–Kier alpha value is -2.89. The van der Waals surface area contributed by atoms with Crippen LogP contribution in [-0.4, -0.2) is 23.7 Å². The molecule has 2 aromatic rings. The Balaban J connectivity index is 2.37. The average Bonchev–Trinajstić information content (AvgIpc) is 2.50. The molecule has 0 aliphatic heterocycles. The molecular formula is C16H14FNO4. The molecule has 6 heteroatoms. The van der Waals surface area contributed by atoms with Gasteiger partial charge >= 0.3 is 11.9 Å². The van der Waals surface area contributed by atoms with Gasteiger partial charge in [-0.05, 0) is 37.3 Å². The first-order valence-corrected chi connectivity index (χ1v) is 6.59. The molecule has 0 heterocycles. The normalized spacial score (nSPS) is 10.1. The van der Waals surface area contributed by atoms with Gasteiger partial charge < -0.3 is 15.2 Å². The van der Waals surface area contributed by atoms with E-state index in [1.165, 1.54) is 12.1 Å². The van der Waals surface area contributed by atoms with Crippen LogP contribution >= 0.6 is 0 Å². The third-order valence-electron chi connectivity index (χ3n) is 2.91. The number of rotatable bonds is 5. The van der Waals surface area contributed by atoms with Crippen LogP contribution in [0.15, 0.2) is 42.5 Å². The fourth-order valence-electron chi connectivity index (χ4n) is 1.88. The fraction of sp³-hybridized carbons (Fsp3) is 0.125. The number of para-hydroxylation sites is 1. The zero-order valence-electron chi connectivity index (χ0n) is 11.8. The maximum Gasteiger partial charge on any atom is 0.340 e. The summed E-state index contributed by atoms with van der Waals surface area (Å²) in [5.74, 6) is -2.33. The molecular weight excluding hydrogens is 289 g/mol. The molecule has 0 aliphatic carbocycles. The zero-order valence-corrected chi connectivity index (χ0v) is 11.8. The van der Waals surface area contributed by atoms with E-state index >= 15 is 0 Å². The largest absolute Gasteiger partial charge is 0.478 e. The molecule has 2 N–H and O–H groups in total. The highest BCUT2D eigenvalue weighted by Crippen LogP contribution is 2.24. The second-order valence-corrected chi connectivity index (χ2v) is 4.39. The van der Waals surface area contributed by atoms with E-state index in [1.54, 1.807) is 31.2 Å². The highest BCUT2D eigenvalue weighted by Gasteiger charge is 2.14. The van der Waals surface area contributed by atoms with Crippen LogP contribution in [0.2, 0.25) is 0 Å². The number of nitrogens with one attached hydrogen (secondary N) is 1. The second kappa shape index (κ2) is 6.71. The lowest BCUT2D eigenvalue weighted by Crippen LogP contribution is -2.08. The minimum atomic E-state index is -1.17. The highest BCUT2D eigenvalue weighted by atomic mass is 19.1. The molecule has 5 nitrogen and oxygen atoms in total. The van der Waals surface area contributed by atoms with Crippen molar-refractivity contribution in [2.24, 2.45) is 0 Å². The number of hydrogen-bond donors (Lipinski definition) is 2. The predicted octanol–water partition coefficient (Wildman–Crippen LogP) is 3.44. The Labute approximate surface area is 126 Å². The summed E-state index contributed by atoms with van der Waals surface area (Å²) in [7, 11) is 0. The molecule has 2 aromatic carbocycles. The van der Waals surface area contributed by atoms with Gasteiger partial charge in [0.1, 0.15) is 5.82 Å². The topological polar surface area (TPSA) is 75.6 Å². The van der Waals surface area contributed by atoms with Gasteiger partial charge in [-0.3, -0.25) is 0 Å². The van der Waals surface area contributed by atoms with E-state index in [0.717, 1.165) is 6.07 Å². The van der Waals surface area contributed by atoms with Crippen LogP contribution in [-0.2, 0) is 4.74 Å². The van der Waals surface area contributed by atoms with Crippen molar-refractivity contribution < 1.29 is 23.8 Å². The molecule has 0 aromatic heterocycles. The highest BCUT2D eigenvalue weighted by molar-refractivity contribution is 5.97. The smallest absolute Gasteiger partial charge is 0.340 e. The second-order valence-electron chi connectivity index (χ2n) is 4.39. The Kier molecular flexibility index (Phi) is 4.73. The van der Waals surface area contributed by atoms with Gasteiger partial charge in [0, 0.05) is 0 Å². The molecule has 114 valence electrons. The maximum atomic E-state index is 13.8. The van der Waals surface area contributed by atoms with Gasteiger partial charge in [0.15, 0.2) is 0 Å². The summed E-state index contributed by atoms with van der Waals surface area (Å²) in [6.45, 7) is 1.90. The molecule has 0 aliphatic rings. The summed E-state index contributed by atoms with van der Waals surface area (Å²) in [5, 5.41) is 11.7. The van der Waals surface area contributed by atoms with Gasteiger partial charge in [0.2, 0.25) is 0 Å². The number of anilines is 2. The molecule has 0 spiro atoms. The summed E-state index contributed by atoms with van der Waals surface area (Å²) in [5.41, 5.74) is 0.487. The lowest BCUT2D eigenvalue weighted by atomic mass is 10.1. The summed E-state index contributed by atoms with van der Waals surface area (Å²) < 4.78 is 18.8. The lowest BCUT2D eigenvalue weighted by Gasteiger charge is -2.12. The molecule has 0 saturated heterocycles. The third kappa shape index (κ3) is 3.41. The Morgan fingerprint density at radius 1 is 1.18 bits per heavy atom. The number of ether oxygens (including phenoxy) is 1. The van der Waals surface area contributed by atoms with Crippen molar-refractivity contribution in [3.63, 3.8) is 0 Å². The van der Waals surface area contributed by atoms with E-state index in [1.807, 2.05) is 0 Å². The minimum absolute atomic E-state index is 0.0309. The quantitative estimate of drug-likeness (QED) is 0.827. The Morgan fingerprint density at radius 2 is 1.91 bits per heavy atom. The van der Waals surface area contributed by atoms with Gasteiger partial charge in [0.05, 0.1) is 29.1 Å². The Morgan fingerprint density at radius 3 is 2.59 bits per heavy atom. The van der Waals surface area contributed by atoms with E-state index in [-0.39, 0.29) is 23.4 Å². The monoisotopic (exact) mass is 303 g/mol. The zero-order chi connectivity index (χ0) is 16.1. The molecule has 0 amide bonds. The molecule has 0 radical (unpaired) electrons. The molecule has 0 saturated carbocycles. The summed E-state index contributed by atoms with van der Waals surface area (Å²) in [6, 6.07) is 9.84. The number of carbonyl (C=O) groups excluding carboxylic acids is 1. The van der Waals surface area contributed by atoms with Crippen LogP contribution in [0, 0.1) is 5.82 Å². The minimum Gasteiger partial charge on any atom is -0.478 e. The van der Waals surface area contributed by atoms with E-state index in [2.05, 4.69) is 5.32 Å². The number of benzene rings is 2. The van der Waals surface area contributed by atoms with E-state index in [0.29, 0.717) is 5.69 Å². The number of carbonyl (C=O) groups is 2. The van der Waals surface area contributed by atoms with Crippen molar-refractivity contribution >= 4 is 23.3 Å². The molecule has 0 unspecified atom stereocenters. The molecule has 0 atom stereocenters. The molecule has 0 bridgehead atoms. The van der Waals surface area contributed by atoms with Gasteiger partial charge in [0.25, 0.3) is 0 Å². The molecule has 2 rings (SSSR count). The van der Waals surface area contributed by atoms with Gasteiger partial charge in [-0.15, -0.1) is 0 Å². The van der Waals surface area contributed by atoms with Crippen molar-refractivity contribution in [2.45, 2.75) is 6.92 Å². The summed E-state index contributed by atoms with van der Waals surface area (Å²) >= 11 is 0. The predicted molar refractivity (Wildman–Crippen MR) is 79.0 cm³/mol.